The lowest BCUT2D eigenvalue weighted by Gasteiger charge is -2.17. The molecule has 2 amide bonds. The molecule has 1 aromatic heterocycles. The summed E-state index contributed by atoms with van der Waals surface area (Å²) in [5, 5.41) is 5.72. The third kappa shape index (κ3) is 6.62. The first-order valence-corrected chi connectivity index (χ1v) is 12.0. The predicted octanol–water partition coefficient (Wildman–Crippen LogP) is 6.47. The minimum Gasteiger partial charge on any atom is -0.497 e. The molecule has 0 aliphatic rings. The van der Waals surface area contributed by atoms with E-state index in [2.05, 4.69) is 15.6 Å². The number of carbonyl (C=O) groups is 2. The van der Waals surface area contributed by atoms with Gasteiger partial charge in [-0.25, -0.2) is 4.98 Å². The van der Waals surface area contributed by atoms with Crippen LogP contribution in [0.2, 0.25) is 5.02 Å². The monoisotopic (exact) mass is 503 g/mol. The highest BCUT2D eigenvalue weighted by molar-refractivity contribution is 8.00. The van der Waals surface area contributed by atoms with Crippen LogP contribution in [0.5, 0.6) is 5.75 Å². The number of aromatic nitrogens is 1. The topological polar surface area (TPSA) is 80.3 Å². The summed E-state index contributed by atoms with van der Waals surface area (Å²) in [6, 6.07) is 27.2. The molecular formula is C27H22ClN3O3S. The number of halogens is 1. The van der Waals surface area contributed by atoms with Gasteiger partial charge in [0.25, 0.3) is 5.91 Å². The van der Waals surface area contributed by atoms with E-state index in [1.165, 1.54) is 18.0 Å². The molecule has 0 saturated heterocycles. The molecule has 2 N–H and O–H groups in total. The average molecular weight is 504 g/mol. The maximum Gasteiger partial charge on any atom is 0.255 e. The molecule has 35 heavy (non-hydrogen) atoms. The van der Waals surface area contributed by atoms with Gasteiger partial charge in [-0.2, -0.15) is 0 Å². The molecule has 3 aromatic carbocycles. The van der Waals surface area contributed by atoms with Crippen LogP contribution >= 0.6 is 23.4 Å². The number of amides is 2. The summed E-state index contributed by atoms with van der Waals surface area (Å²) in [7, 11) is 1.56. The van der Waals surface area contributed by atoms with Crippen molar-refractivity contribution in [3.8, 4) is 5.75 Å². The summed E-state index contributed by atoms with van der Waals surface area (Å²) in [4.78, 5) is 30.8. The zero-order valence-corrected chi connectivity index (χ0v) is 20.3. The number of anilines is 2. The number of ether oxygens (including phenoxy) is 1. The lowest BCUT2D eigenvalue weighted by molar-refractivity contribution is -0.115. The summed E-state index contributed by atoms with van der Waals surface area (Å²) >= 11 is 7.30. The van der Waals surface area contributed by atoms with Crippen molar-refractivity contribution in [2.45, 2.75) is 10.1 Å². The number of thioether (sulfide) groups is 1. The average Bonchev–Trinajstić information content (AvgIpc) is 2.90. The molecule has 4 aromatic rings. The molecule has 4 rings (SSSR count). The van der Waals surface area contributed by atoms with Crippen LogP contribution < -0.4 is 15.4 Å². The van der Waals surface area contributed by atoms with Gasteiger partial charge in [0, 0.05) is 22.3 Å². The molecule has 0 fully saturated rings. The van der Waals surface area contributed by atoms with E-state index in [-0.39, 0.29) is 11.8 Å². The Balaban J connectivity index is 1.47. The Morgan fingerprint density at radius 1 is 0.914 bits per heavy atom. The van der Waals surface area contributed by atoms with Crippen molar-refractivity contribution in [2.24, 2.45) is 0 Å². The van der Waals surface area contributed by atoms with Gasteiger partial charge in [0.2, 0.25) is 5.91 Å². The van der Waals surface area contributed by atoms with Crippen LogP contribution in [0, 0.1) is 0 Å². The number of benzene rings is 3. The summed E-state index contributed by atoms with van der Waals surface area (Å²) in [6.07, 6.45) is 1.49. The molecule has 0 bridgehead atoms. The molecule has 0 spiro atoms. The van der Waals surface area contributed by atoms with Crippen molar-refractivity contribution in [2.75, 3.05) is 17.7 Å². The lowest BCUT2D eigenvalue weighted by Crippen LogP contribution is -2.19. The Morgan fingerprint density at radius 3 is 2.37 bits per heavy atom. The van der Waals surface area contributed by atoms with Gasteiger partial charge < -0.3 is 15.4 Å². The van der Waals surface area contributed by atoms with Crippen LogP contribution in [0.1, 0.15) is 21.2 Å². The zero-order valence-electron chi connectivity index (χ0n) is 18.8. The summed E-state index contributed by atoms with van der Waals surface area (Å²) in [5.74, 6) is 0.604. The van der Waals surface area contributed by atoms with Gasteiger partial charge in [-0.15, -0.1) is 11.8 Å². The van der Waals surface area contributed by atoms with E-state index in [0.29, 0.717) is 27.8 Å². The van der Waals surface area contributed by atoms with Crippen LogP contribution in [0.25, 0.3) is 0 Å². The minimum absolute atomic E-state index is 0.202. The Hall–Kier alpha value is -3.81. The highest BCUT2D eigenvalue weighted by Crippen LogP contribution is 2.36. The molecule has 6 nitrogen and oxygen atoms in total. The molecule has 1 unspecified atom stereocenters. The number of methoxy groups -OCH3 is 1. The minimum atomic E-state index is -0.508. The van der Waals surface area contributed by atoms with Gasteiger partial charge in [-0.3, -0.25) is 9.59 Å². The number of nitrogens with zero attached hydrogens (tertiary/aromatic N) is 1. The number of rotatable bonds is 8. The second-order valence-corrected chi connectivity index (χ2v) is 9.08. The number of hydrogen-bond donors (Lipinski definition) is 2. The van der Waals surface area contributed by atoms with Gasteiger partial charge in [0.1, 0.15) is 16.8 Å². The number of carbonyl (C=O) groups excluding carboxylic acids is 2. The van der Waals surface area contributed by atoms with Gasteiger partial charge >= 0.3 is 0 Å². The molecular weight excluding hydrogens is 482 g/mol. The zero-order chi connectivity index (χ0) is 24.6. The SMILES string of the molecule is COc1cccc(C(=O)Nc2ccc(SC(C(=O)Nc3ccc(Cl)cn3)c3ccccc3)cc2)c1. The predicted molar refractivity (Wildman–Crippen MR) is 140 cm³/mol. The molecule has 0 aliphatic carbocycles. The second-order valence-electron chi connectivity index (χ2n) is 7.47. The van der Waals surface area contributed by atoms with Crippen molar-refractivity contribution in [1.29, 1.82) is 0 Å². The van der Waals surface area contributed by atoms with E-state index in [4.69, 9.17) is 16.3 Å². The van der Waals surface area contributed by atoms with Gasteiger partial charge in [0.05, 0.1) is 12.1 Å². The maximum atomic E-state index is 13.2. The van der Waals surface area contributed by atoms with Crippen LogP contribution in [-0.4, -0.2) is 23.9 Å². The highest BCUT2D eigenvalue weighted by Gasteiger charge is 2.22. The van der Waals surface area contributed by atoms with Crippen molar-refractivity contribution in [3.63, 3.8) is 0 Å². The Kier molecular flexibility index (Phi) is 8.03. The third-order valence-electron chi connectivity index (χ3n) is 5.02. The highest BCUT2D eigenvalue weighted by atomic mass is 35.5. The Morgan fingerprint density at radius 2 is 1.69 bits per heavy atom. The van der Waals surface area contributed by atoms with E-state index >= 15 is 0 Å². The molecule has 1 heterocycles. The van der Waals surface area contributed by atoms with Crippen LogP contribution in [0.4, 0.5) is 11.5 Å². The van der Waals surface area contributed by atoms with Gasteiger partial charge in [-0.05, 0) is 60.2 Å². The number of hydrogen-bond acceptors (Lipinski definition) is 5. The molecule has 0 radical (unpaired) electrons. The van der Waals surface area contributed by atoms with Crippen molar-refractivity contribution in [1.82, 2.24) is 4.98 Å². The van der Waals surface area contributed by atoms with E-state index in [0.717, 1.165) is 10.5 Å². The van der Waals surface area contributed by atoms with Crippen molar-refractivity contribution >= 4 is 46.7 Å². The van der Waals surface area contributed by atoms with Gasteiger partial charge in [-0.1, -0.05) is 48.0 Å². The van der Waals surface area contributed by atoms with Crippen molar-refractivity contribution < 1.29 is 14.3 Å². The van der Waals surface area contributed by atoms with Crippen LogP contribution in [0.15, 0.2) is 102 Å². The maximum absolute atomic E-state index is 13.2. The normalized spacial score (nSPS) is 11.4. The fraction of sp³-hybridized carbons (Fsp3) is 0.0741. The Bertz CT molecular complexity index is 1300. The molecule has 0 aliphatic heterocycles. The molecule has 0 saturated carbocycles. The van der Waals surface area contributed by atoms with E-state index in [1.54, 1.807) is 55.6 Å². The number of pyridine rings is 1. The first-order chi connectivity index (χ1) is 17.0. The fourth-order valence-electron chi connectivity index (χ4n) is 3.26. The van der Waals surface area contributed by atoms with Crippen LogP contribution in [0.3, 0.4) is 0 Å². The van der Waals surface area contributed by atoms with Crippen LogP contribution in [-0.2, 0) is 4.79 Å². The lowest BCUT2D eigenvalue weighted by atomic mass is 10.1. The molecule has 8 heteroatoms. The first-order valence-electron chi connectivity index (χ1n) is 10.7. The summed E-state index contributed by atoms with van der Waals surface area (Å²) in [5.41, 5.74) is 2.01. The first kappa shape index (κ1) is 24.3. The molecule has 1 atom stereocenters. The summed E-state index contributed by atoms with van der Waals surface area (Å²) in [6.45, 7) is 0. The van der Waals surface area contributed by atoms with E-state index in [9.17, 15) is 9.59 Å². The van der Waals surface area contributed by atoms with Crippen molar-refractivity contribution in [3.05, 3.63) is 113 Å². The largest absolute Gasteiger partial charge is 0.497 e. The van der Waals surface area contributed by atoms with E-state index in [1.807, 2.05) is 42.5 Å². The molecule has 176 valence electrons. The Labute approximate surface area is 212 Å². The summed E-state index contributed by atoms with van der Waals surface area (Å²) < 4.78 is 5.18. The fourth-order valence-corrected chi connectivity index (χ4v) is 4.40. The third-order valence-corrected chi connectivity index (χ3v) is 6.51. The standard InChI is InChI=1S/C27H22ClN3O3S/c1-34-22-9-5-8-19(16-22)26(32)30-21-11-13-23(14-12-21)35-25(18-6-3-2-4-7-18)27(33)31-24-15-10-20(28)17-29-24/h2-17,25H,1H3,(H,30,32)(H,29,31,33). The number of nitrogens with one attached hydrogen (secondary N) is 2. The second kappa shape index (κ2) is 11.6. The smallest absolute Gasteiger partial charge is 0.255 e. The van der Waals surface area contributed by atoms with Gasteiger partial charge in [0.15, 0.2) is 0 Å². The van der Waals surface area contributed by atoms with E-state index < -0.39 is 5.25 Å². The quantitative estimate of drug-likeness (QED) is 0.269.